The van der Waals surface area contributed by atoms with E-state index in [1.54, 1.807) is 0 Å². The molecule has 0 bridgehead atoms. The smallest absolute Gasteiger partial charge is 0.139 e. The normalized spacial score (nSPS) is 25.6. The first-order valence-electron chi connectivity index (χ1n) is 10.4. The molecular weight excluding hydrogens is 350 g/mol. The number of para-hydroxylation sites is 2. The van der Waals surface area contributed by atoms with Crippen LogP contribution >= 0.6 is 0 Å². The van der Waals surface area contributed by atoms with Crippen LogP contribution in [0.1, 0.15) is 12.0 Å². The van der Waals surface area contributed by atoms with Gasteiger partial charge in [0, 0.05) is 68.2 Å². The van der Waals surface area contributed by atoms with Gasteiger partial charge in [-0.1, -0.05) is 36.4 Å². The minimum Gasteiger partial charge on any atom is -0.456 e. The number of hydrogen-bond donors (Lipinski definition) is 1. The highest BCUT2D eigenvalue weighted by molar-refractivity contribution is 6.05. The molecule has 3 aromatic rings. The number of aliphatic hydroxyl groups is 1. The number of likely N-dealkylation sites (N-methyl/N-ethyl adjacent to an activating group) is 1. The van der Waals surface area contributed by atoms with Crippen molar-refractivity contribution in [2.45, 2.75) is 25.1 Å². The van der Waals surface area contributed by atoms with E-state index in [-0.39, 0.29) is 6.10 Å². The molecule has 1 aromatic heterocycles. The van der Waals surface area contributed by atoms with E-state index in [4.69, 9.17) is 4.42 Å². The van der Waals surface area contributed by atoms with E-state index in [1.807, 2.05) is 12.1 Å². The van der Waals surface area contributed by atoms with Gasteiger partial charge in [0.2, 0.25) is 0 Å². The SMILES string of the molecule is CN1CCN([C@@H]2CCN(Cc3cccc4c3oc3ccccc34)C[C@H]2O)CC1. The third-order valence-corrected chi connectivity index (χ3v) is 6.52. The Balaban J connectivity index is 1.31. The summed E-state index contributed by atoms with van der Waals surface area (Å²) in [4.78, 5) is 7.23. The van der Waals surface area contributed by atoms with Gasteiger partial charge in [0.25, 0.3) is 0 Å². The molecule has 1 N–H and O–H groups in total. The summed E-state index contributed by atoms with van der Waals surface area (Å²) >= 11 is 0. The fraction of sp³-hybridized carbons (Fsp3) is 0.478. The molecule has 0 unspecified atom stereocenters. The molecule has 5 heteroatoms. The van der Waals surface area contributed by atoms with E-state index in [0.29, 0.717) is 6.04 Å². The van der Waals surface area contributed by atoms with E-state index >= 15 is 0 Å². The molecule has 2 atom stereocenters. The lowest BCUT2D eigenvalue weighted by molar-refractivity contribution is -0.0285. The zero-order chi connectivity index (χ0) is 19.1. The predicted octanol–water partition coefficient (Wildman–Crippen LogP) is 2.77. The number of piperazine rings is 1. The zero-order valence-corrected chi connectivity index (χ0v) is 16.6. The van der Waals surface area contributed by atoms with Gasteiger partial charge in [-0.3, -0.25) is 9.80 Å². The van der Waals surface area contributed by atoms with Crippen molar-refractivity contribution in [1.29, 1.82) is 0 Å². The molecule has 28 heavy (non-hydrogen) atoms. The second-order valence-electron chi connectivity index (χ2n) is 8.39. The van der Waals surface area contributed by atoms with Crippen molar-refractivity contribution in [3.8, 4) is 0 Å². The fourth-order valence-corrected chi connectivity index (χ4v) is 4.88. The Morgan fingerprint density at radius 3 is 2.57 bits per heavy atom. The molecule has 0 amide bonds. The molecule has 2 saturated heterocycles. The number of β-amino-alcohol motifs (C(OH)–C–C–N with tert-alkyl or cyclic N) is 1. The van der Waals surface area contributed by atoms with Crippen LogP contribution in [0.25, 0.3) is 21.9 Å². The van der Waals surface area contributed by atoms with Crippen molar-refractivity contribution in [2.24, 2.45) is 0 Å². The quantitative estimate of drug-likeness (QED) is 0.758. The average Bonchev–Trinajstić information content (AvgIpc) is 3.09. The number of likely N-dealkylation sites (tertiary alicyclic amines) is 1. The van der Waals surface area contributed by atoms with Gasteiger partial charge in [0.05, 0.1) is 6.10 Å². The Labute approximate surface area is 166 Å². The number of furan rings is 1. The number of piperidine rings is 1. The maximum Gasteiger partial charge on any atom is 0.139 e. The number of aliphatic hydroxyl groups excluding tert-OH is 1. The third kappa shape index (κ3) is 3.33. The Kier molecular flexibility index (Phi) is 4.85. The van der Waals surface area contributed by atoms with Crippen LogP contribution in [0.4, 0.5) is 0 Å². The van der Waals surface area contributed by atoms with Gasteiger partial charge >= 0.3 is 0 Å². The summed E-state index contributed by atoms with van der Waals surface area (Å²) < 4.78 is 6.18. The Morgan fingerprint density at radius 2 is 1.75 bits per heavy atom. The van der Waals surface area contributed by atoms with E-state index in [1.165, 1.54) is 16.3 Å². The first kappa shape index (κ1) is 18.1. The predicted molar refractivity (Wildman–Crippen MR) is 112 cm³/mol. The molecule has 0 saturated carbocycles. The van der Waals surface area contributed by atoms with Crippen LogP contribution in [0.3, 0.4) is 0 Å². The second kappa shape index (κ2) is 7.48. The third-order valence-electron chi connectivity index (χ3n) is 6.52. The lowest BCUT2D eigenvalue weighted by Gasteiger charge is -2.44. The van der Waals surface area contributed by atoms with Gasteiger partial charge < -0.3 is 14.4 Å². The fourth-order valence-electron chi connectivity index (χ4n) is 4.88. The summed E-state index contributed by atoms with van der Waals surface area (Å²) in [5.41, 5.74) is 3.14. The molecule has 3 heterocycles. The van der Waals surface area contributed by atoms with Gasteiger partial charge in [-0.2, -0.15) is 0 Å². The monoisotopic (exact) mass is 379 g/mol. The lowest BCUT2D eigenvalue weighted by Crippen LogP contribution is -2.58. The highest BCUT2D eigenvalue weighted by atomic mass is 16.3. The molecule has 5 rings (SSSR count). The van der Waals surface area contributed by atoms with Crippen LogP contribution in [0, 0.1) is 0 Å². The summed E-state index contributed by atoms with van der Waals surface area (Å²) in [7, 11) is 2.18. The van der Waals surface area contributed by atoms with Crippen molar-refractivity contribution in [1.82, 2.24) is 14.7 Å². The molecular formula is C23H29N3O2. The largest absolute Gasteiger partial charge is 0.456 e. The van der Waals surface area contributed by atoms with Gasteiger partial charge in [0.1, 0.15) is 11.2 Å². The highest BCUT2D eigenvalue weighted by Gasteiger charge is 2.33. The minimum atomic E-state index is -0.285. The molecule has 2 fully saturated rings. The lowest BCUT2D eigenvalue weighted by atomic mass is 9.98. The number of hydrogen-bond acceptors (Lipinski definition) is 5. The van der Waals surface area contributed by atoms with Gasteiger partial charge in [-0.05, 0) is 19.5 Å². The molecule has 0 aliphatic carbocycles. The highest BCUT2D eigenvalue weighted by Crippen LogP contribution is 2.31. The van der Waals surface area contributed by atoms with Crippen molar-refractivity contribution in [3.05, 3.63) is 48.0 Å². The summed E-state index contributed by atoms with van der Waals surface area (Å²) in [6, 6.07) is 14.9. The topological polar surface area (TPSA) is 43.1 Å². The summed E-state index contributed by atoms with van der Waals surface area (Å²) in [6.07, 6.45) is 0.744. The van der Waals surface area contributed by atoms with E-state index in [9.17, 15) is 5.11 Å². The van der Waals surface area contributed by atoms with E-state index in [2.05, 4.69) is 52.1 Å². The van der Waals surface area contributed by atoms with Crippen LogP contribution < -0.4 is 0 Å². The van der Waals surface area contributed by atoms with E-state index in [0.717, 1.165) is 63.4 Å². The second-order valence-corrected chi connectivity index (χ2v) is 8.39. The molecule has 2 aliphatic heterocycles. The van der Waals surface area contributed by atoms with Gasteiger partial charge in [0.15, 0.2) is 0 Å². The number of nitrogens with zero attached hydrogens (tertiary/aromatic N) is 3. The maximum absolute atomic E-state index is 10.8. The molecule has 0 radical (unpaired) electrons. The Bertz CT molecular complexity index is 961. The molecule has 148 valence electrons. The Morgan fingerprint density at radius 1 is 0.964 bits per heavy atom. The summed E-state index contributed by atoms with van der Waals surface area (Å²) in [6.45, 7) is 6.90. The maximum atomic E-state index is 10.8. The summed E-state index contributed by atoms with van der Waals surface area (Å²) in [5, 5.41) is 13.2. The first-order chi connectivity index (χ1) is 13.7. The molecule has 0 spiro atoms. The van der Waals surface area contributed by atoms with Gasteiger partial charge in [-0.25, -0.2) is 0 Å². The summed E-state index contributed by atoms with van der Waals surface area (Å²) in [5.74, 6) is 0. The van der Waals surface area contributed by atoms with Crippen LogP contribution in [0.15, 0.2) is 46.9 Å². The van der Waals surface area contributed by atoms with E-state index < -0.39 is 0 Å². The average molecular weight is 380 g/mol. The van der Waals surface area contributed by atoms with Gasteiger partial charge in [-0.15, -0.1) is 0 Å². The van der Waals surface area contributed by atoms with Crippen molar-refractivity contribution < 1.29 is 9.52 Å². The standard InChI is InChI=1S/C23H29N3O2/c1-24-11-13-26(14-12-24)20-9-10-25(16-21(20)27)15-17-5-4-7-19-18-6-2-3-8-22(18)28-23(17)19/h2-8,20-21,27H,9-16H2,1H3/t20-,21-/m1/s1. The van der Waals surface area contributed by atoms with Crippen LogP contribution in [0.2, 0.25) is 0 Å². The molecule has 2 aromatic carbocycles. The Hall–Kier alpha value is -1.92. The van der Waals surface area contributed by atoms with Crippen molar-refractivity contribution in [3.63, 3.8) is 0 Å². The van der Waals surface area contributed by atoms with Crippen LogP contribution in [-0.4, -0.2) is 78.3 Å². The van der Waals surface area contributed by atoms with Crippen molar-refractivity contribution in [2.75, 3.05) is 46.3 Å². The molecule has 5 nitrogen and oxygen atoms in total. The van der Waals surface area contributed by atoms with Crippen molar-refractivity contribution >= 4 is 21.9 Å². The zero-order valence-electron chi connectivity index (χ0n) is 16.6. The molecule has 2 aliphatic rings. The minimum absolute atomic E-state index is 0.285. The van der Waals surface area contributed by atoms with Crippen LogP contribution in [-0.2, 0) is 6.54 Å². The number of rotatable bonds is 3. The number of fused-ring (bicyclic) bond motifs is 3. The first-order valence-corrected chi connectivity index (χ1v) is 10.4. The van der Waals surface area contributed by atoms with Crippen LogP contribution in [0.5, 0.6) is 0 Å². The number of benzene rings is 2.